The Morgan fingerprint density at radius 1 is 1.08 bits per heavy atom. The fourth-order valence-electron chi connectivity index (χ4n) is 3.54. The van der Waals surface area contributed by atoms with E-state index in [-0.39, 0.29) is 23.3 Å². The quantitative estimate of drug-likeness (QED) is 0.197. The highest BCUT2D eigenvalue weighted by atomic mass is 32.2. The summed E-state index contributed by atoms with van der Waals surface area (Å²) in [6.45, 7) is 0. The zero-order valence-corrected chi connectivity index (χ0v) is 19.5. The molecule has 2 aromatic heterocycles. The molecular formula is C24H17F3N6O3S. The van der Waals surface area contributed by atoms with Crippen LogP contribution < -0.4 is 15.4 Å². The summed E-state index contributed by atoms with van der Waals surface area (Å²) in [5.74, 6) is -0.472. The van der Waals surface area contributed by atoms with Gasteiger partial charge in [0, 0.05) is 22.7 Å². The van der Waals surface area contributed by atoms with Crippen LogP contribution >= 0.6 is 11.8 Å². The van der Waals surface area contributed by atoms with E-state index in [1.54, 1.807) is 18.2 Å². The predicted octanol–water partition coefficient (Wildman–Crippen LogP) is 5.07. The van der Waals surface area contributed by atoms with Crippen LogP contribution in [0.2, 0.25) is 0 Å². The third-order valence-electron chi connectivity index (χ3n) is 5.18. The molecule has 0 unspecified atom stereocenters. The molecule has 5 rings (SSSR count). The molecule has 3 heterocycles. The number of carbonyl (C=O) groups is 2. The van der Waals surface area contributed by atoms with E-state index in [2.05, 4.69) is 35.5 Å². The number of anilines is 2. The minimum atomic E-state index is -4.74. The van der Waals surface area contributed by atoms with Gasteiger partial charge < -0.3 is 15.0 Å². The third kappa shape index (κ3) is 5.83. The molecule has 4 aromatic rings. The van der Waals surface area contributed by atoms with Gasteiger partial charge in [-0.2, -0.15) is 4.98 Å². The van der Waals surface area contributed by atoms with Crippen LogP contribution in [0.1, 0.15) is 27.3 Å². The number of amides is 2. The van der Waals surface area contributed by atoms with Gasteiger partial charge >= 0.3 is 6.36 Å². The monoisotopic (exact) mass is 526 g/mol. The summed E-state index contributed by atoms with van der Waals surface area (Å²) >= 11 is 1.23. The maximum Gasteiger partial charge on any atom is 0.573 e. The van der Waals surface area contributed by atoms with Crippen LogP contribution in [0.3, 0.4) is 0 Å². The highest BCUT2D eigenvalue weighted by molar-refractivity contribution is 7.98. The minimum Gasteiger partial charge on any atom is -0.406 e. The molecule has 0 saturated carbocycles. The Morgan fingerprint density at radius 3 is 2.65 bits per heavy atom. The zero-order chi connectivity index (χ0) is 26.0. The summed E-state index contributed by atoms with van der Waals surface area (Å²) < 4.78 is 40.6. The smallest absolute Gasteiger partial charge is 0.406 e. The Labute approximate surface area is 211 Å². The van der Waals surface area contributed by atoms with E-state index >= 15 is 0 Å². The Hall–Kier alpha value is -4.52. The molecule has 0 aliphatic carbocycles. The summed E-state index contributed by atoms with van der Waals surface area (Å²) in [7, 11) is 0. The molecule has 188 valence electrons. The standard InChI is InChI=1S/C24H17F3N6O3S/c25-24(26,27)36-15-8-5-13(6-9-15)12-37-23-31-22(32-33-23)30-21(35)19-10-7-14(28-19)11-17-16-3-1-2-4-18(16)29-20(17)34/h1-11,28H,12H2,(H,29,34)(H2,30,31,32,33,35)/b17-11-. The molecule has 2 amide bonds. The molecule has 0 spiro atoms. The van der Waals surface area contributed by atoms with Gasteiger partial charge in [0.25, 0.3) is 11.8 Å². The topological polar surface area (TPSA) is 125 Å². The molecule has 13 heteroatoms. The Morgan fingerprint density at radius 2 is 1.86 bits per heavy atom. The van der Waals surface area contributed by atoms with Crippen LogP contribution in [-0.2, 0) is 10.5 Å². The minimum absolute atomic E-state index is 0.125. The van der Waals surface area contributed by atoms with Crippen LogP contribution in [0.25, 0.3) is 11.6 Å². The lowest BCUT2D eigenvalue weighted by atomic mass is 10.1. The Kier molecular flexibility index (Phi) is 6.44. The molecule has 0 radical (unpaired) electrons. The molecule has 0 bridgehead atoms. The lowest BCUT2D eigenvalue weighted by Crippen LogP contribution is -2.16. The molecule has 4 N–H and O–H groups in total. The first-order valence-electron chi connectivity index (χ1n) is 10.8. The lowest BCUT2D eigenvalue weighted by Gasteiger charge is -2.08. The molecule has 0 fully saturated rings. The number of aromatic nitrogens is 4. The van der Waals surface area contributed by atoms with Crippen molar-refractivity contribution in [3.05, 3.63) is 83.2 Å². The predicted molar refractivity (Wildman–Crippen MR) is 131 cm³/mol. The van der Waals surface area contributed by atoms with Crippen LogP contribution in [0.5, 0.6) is 5.75 Å². The number of fused-ring (bicyclic) bond motifs is 1. The molecular weight excluding hydrogens is 509 g/mol. The summed E-state index contributed by atoms with van der Waals surface area (Å²) in [6, 6.07) is 16.1. The van der Waals surface area contributed by atoms with Gasteiger partial charge in [-0.3, -0.25) is 14.9 Å². The number of aromatic amines is 2. The summed E-state index contributed by atoms with van der Waals surface area (Å²) in [5, 5.41) is 12.4. The van der Waals surface area contributed by atoms with Gasteiger partial charge in [-0.1, -0.05) is 42.1 Å². The van der Waals surface area contributed by atoms with E-state index in [9.17, 15) is 22.8 Å². The maximum absolute atomic E-state index is 12.6. The number of thioether (sulfide) groups is 1. The molecule has 1 aliphatic heterocycles. The van der Waals surface area contributed by atoms with E-state index in [1.165, 1.54) is 36.0 Å². The SMILES string of the molecule is O=C1Nc2ccccc2/C1=C/c1ccc(C(=O)Nc2nc(SCc3ccc(OC(F)(F)F)cc3)n[nH]2)[nH]1. The number of H-pyrrole nitrogens is 2. The number of para-hydroxylation sites is 1. The Balaban J connectivity index is 1.17. The number of benzene rings is 2. The summed E-state index contributed by atoms with van der Waals surface area (Å²) in [6.07, 6.45) is -3.07. The lowest BCUT2D eigenvalue weighted by molar-refractivity contribution is -0.274. The second-order valence-electron chi connectivity index (χ2n) is 7.79. The molecule has 0 atom stereocenters. The van der Waals surface area contributed by atoms with E-state index in [0.717, 1.165) is 16.8 Å². The van der Waals surface area contributed by atoms with Gasteiger partial charge in [0.2, 0.25) is 11.1 Å². The summed E-state index contributed by atoms with van der Waals surface area (Å²) in [4.78, 5) is 32.1. The first-order chi connectivity index (χ1) is 17.7. The van der Waals surface area contributed by atoms with Crippen molar-refractivity contribution >= 4 is 46.9 Å². The van der Waals surface area contributed by atoms with Gasteiger partial charge in [-0.25, -0.2) is 5.10 Å². The number of hydrogen-bond acceptors (Lipinski definition) is 6. The molecule has 37 heavy (non-hydrogen) atoms. The van der Waals surface area contributed by atoms with Crippen LogP contribution in [0, 0.1) is 0 Å². The van der Waals surface area contributed by atoms with Crippen LogP contribution in [0.15, 0.2) is 65.8 Å². The number of nitrogens with one attached hydrogen (secondary N) is 4. The average molecular weight is 527 g/mol. The highest BCUT2D eigenvalue weighted by Crippen LogP contribution is 2.32. The van der Waals surface area contributed by atoms with Crippen LogP contribution in [0.4, 0.5) is 24.8 Å². The van der Waals surface area contributed by atoms with Crippen molar-refractivity contribution in [2.45, 2.75) is 17.3 Å². The van der Waals surface area contributed by atoms with E-state index in [4.69, 9.17) is 0 Å². The van der Waals surface area contributed by atoms with Crippen molar-refractivity contribution < 1.29 is 27.5 Å². The first-order valence-corrected chi connectivity index (χ1v) is 11.7. The molecule has 0 saturated heterocycles. The van der Waals surface area contributed by atoms with Gasteiger partial charge in [0.1, 0.15) is 11.4 Å². The fraction of sp³-hybridized carbons (Fsp3) is 0.0833. The second kappa shape index (κ2) is 9.85. The van der Waals surface area contributed by atoms with Crippen molar-refractivity contribution in [1.82, 2.24) is 20.2 Å². The van der Waals surface area contributed by atoms with Crippen molar-refractivity contribution in [2.24, 2.45) is 0 Å². The molecule has 1 aliphatic rings. The van der Waals surface area contributed by atoms with Crippen molar-refractivity contribution in [3.8, 4) is 5.75 Å². The van der Waals surface area contributed by atoms with Crippen molar-refractivity contribution in [2.75, 3.05) is 10.6 Å². The van der Waals surface area contributed by atoms with E-state index in [1.807, 2.05) is 24.3 Å². The number of ether oxygens (including phenoxy) is 1. The molecule has 2 aromatic carbocycles. The van der Waals surface area contributed by atoms with Gasteiger partial charge in [-0.05, 0) is 42.0 Å². The van der Waals surface area contributed by atoms with E-state index < -0.39 is 12.3 Å². The number of halogens is 3. The average Bonchev–Trinajstić information content (AvgIpc) is 3.58. The third-order valence-corrected chi connectivity index (χ3v) is 6.10. The number of carbonyl (C=O) groups excluding carboxylic acids is 2. The van der Waals surface area contributed by atoms with Crippen LogP contribution in [-0.4, -0.2) is 38.3 Å². The van der Waals surface area contributed by atoms with Gasteiger partial charge in [-0.15, -0.1) is 18.3 Å². The Bertz CT molecular complexity index is 1490. The van der Waals surface area contributed by atoms with Gasteiger partial charge in [0.05, 0.1) is 5.57 Å². The zero-order valence-electron chi connectivity index (χ0n) is 18.7. The number of hydrogen-bond donors (Lipinski definition) is 4. The number of nitrogens with zero attached hydrogens (tertiary/aromatic N) is 2. The highest BCUT2D eigenvalue weighted by Gasteiger charge is 2.31. The van der Waals surface area contributed by atoms with Gasteiger partial charge in [0.15, 0.2) is 0 Å². The number of rotatable bonds is 7. The van der Waals surface area contributed by atoms with Crippen molar-refractivity contribution in [1.29, 1.82) is 0 Å². The first kappa shape index (κ1) is 24.2. The van der Waals surface area contributed by atoms with Crippen molar-refractivity contribution in [3.63, 3.8) is 0 Å². The summed E-state index contributed by atoms with van der Waals surface area (Å²) in [5.41, 5.74) is 3.57. The molecule has 9 nitrogen and oxygen atoms in total. The normalized spacial score (nSPS) is 13.9. The number of alkyl halides is 3. The fourth-order valence-corrected chi connectivity index (χ4v) is 4.30. The van der Waals surface area contributed by atoms with E-state index in [0.29, 0.717) is 22.2 Å². The maximum atomic E-state index is 12.6. The largest absolute Gasteiger partial charge is 0.573 e. The second-order valence-corrected chi connectivity index (χ2v) is 8.73.